The SMILES string of the molecule is COc1nc(Nc2ccc3cn[nH]c3c2)nc(NN2CCN(C)CC2)n1. The van der Waals surface area contributed by atoms with Gasteiger partial charge < -0.3 is 15.0 Å². The Morgan fingerprint density at radius 3 is 2.69 bits per heavy atom. The highest BCUT2D eigenvalue weighted by Gasteiger charge is 2.16. The second-order valence-electron chi connectivity index (χ2n) is 6.17. The van der Waals surface area contributed by atoms with E-state index in [0.29, 0.717) is 11.9 Å². The van der Waals surface area contributed by atoms with Crippen LogP contribution in [0.2, 0.25) is 0 Å². The number of piperazine rings is 1. The van der Waals surface area contributed by atoms with Crippen molar-refractivity contribution in [2.75, 3.05) is 51.1 Å². The summed E-state index contributed by atoms with van der Waals surface area (Å²) in [5, 5.41) is 13.3. The normalized spacial score (nSPS) is 15.9. The molecule has 0 saturated carbocycles. The molecule has 0 spiro atoms. The third-order valence-electron chi connectivity index (χ3n) is 4.26. The molecule has 1 aromatic carbocycles. The van der Waals surface area contributed by atoms with Gasteiger partial charge in [-0.3, -0.25) is 10.5 Å². The molecule has 3 N–H and O–H groups in total. The van der Waals surface area contributed by atoms with E-state index in [-0.39, 0.29) is 6.01 Å². The number of aromatic amines is 1. The maximum absolute atomic E-state index is 5.21. The van der Waals surface area contributed by atoms with Crippen molar-refractivity contribution in [3.63, 3.8) is 0 Å². The molecule has 0 aliphatic carbocycles. The van der Waals surface area contributed by atoms with E-state index < -0.39 is 0 Å². The molecule has 0 amide bonds. The predicted molar refractivity (Wildman–Crippen MR) is 98.4 cm³/mol. The molecular weight excluding hydrogens is 334 g/mol. The van der Waals surface area contributed by atoms with Gasteiger partial charge in [-0.05, 0) is 25.2 Å². The van der Waals surface area contributed by atoms with Crippen molar-refractivity contribution in [3.8, 4) is 6.01 Å². The molecule has 1 saturated heterocycles. The van der Waals surface area contributed by atoms with Gasteiger partial charge in [-0.1, -0.05) is 0 Å². The van der Waals surface area contributed by atoms with Gasteiger partial charge in [0.1, 0.15) is 0 Å². The number of rotatable bonds is 5. The Kier molecular flexibility index (Phi) is 4.50. The van der Waals surface area contributed by atoms with Crippen LogP contribution in [-0.4, -0.2) is 75.4 Å². The van der Waals surface area contributed by atoms with Crippen molar-refractivity contribution >= 4 is 28.5 Å². The Morgan fingerprint density at radius 1 is 1.08 bits per heavy atom. The molecule has 2 aromatic heterocycles. The Morgan fingerprint density at radius 2 is 1.88 bits per heavy atom. The highest BCUT2D eigenvalue weighted by molar-refractivity contribution is 5.82. The predicted octanol–water partition coefficient (Wildman–Crippen LogP) is 1.07. The quantitative estimate of drug-likeness (QED) is 0.619. The summed E-state index contributed by atoms with van der Waals surface area (Å²) in [6.45, 7) is 3.77. The van der Waals surface area contributed by atoms with Gasteiger partial charge in [0.15, 0.2) is 0 Å². The number of hydrogen-bond acceptors (Lipinski definition) is 9. The fourth-order valence-electron chi connectivity index (χ4n) is 2.76. The molecule has 0 unspecified atom stereocenters. The van der Waals surface area contributed by atoms with Crippen LogP contribution in [0.5, 0.6) is 6.01 Å². The number of nitrogens with zero attached hydrogens (tertiary/aromatic N) is 6. The molecule has 3 aromatic rings. The molecule has 1 aliphatic heterocycles. The summed E-state index contributed by atoms with van der Waals surface area (Å²) in [7, 11) is 3.65. The first kappa shape index (κ1) is 16.5. The lowest BCUT2D eigenvalue weighted by Gasteiger charge is -2.32. The topological polar surface area (TPSA) is 107 Å². The van der Waals surface area contributed by atoms with Crippen molar-refractivity contribution in [3.05, 3.63) is 24.4 Å². The third-order valence-corrected chi connectivity index (χ3v) is 4.26. The zero-order valence-corrected chi connectivity index (χ0v) is 14.7. The van der Waals surface area contributed by atoms with Crippen LogP contribution in [0, 0.1) is 0 Å². The van der Waals surface area contributed by atoms with Gasteiger partial charge in [-0.15, -0.1) is 0 Å². The van der Waals surface area contributed by atoms with Crippen LogP contribution in [0.4, 0.5) is 17.6 Å². The first-order valence-corrected chi connectivity index (χ1v) is 8.40. The van der Waals surface area contributed by atoms with Gasteiger partial charge in [0.05, 0.1) is 18.8 Å². The number of anilines is 3. The van der Waals surface area contributed by atoms with E-state index in [1.54, 1.807) is 6.20 Å². The second kappa shape index (κ2) is 7.10. The molecule has 0 atom stereocenters. The first-order valence-electron chi connectivity index (χ1n) is 8.40. The van der Waals surface area contributed by atoms with Crippen LogP contribution in [0.25, 0.3) is 10.9 Å². The maximum atomic E-state index is 5.21. The van der Waals surface area contributed by atoms with E-state index in [0.717, 1.165) is 42.8 Å². The summed E-state index contributed by atoms with van der Waals surface area (Å²) in [4.78, 5) is 15.3. The molecular formula is C16H21N9O. The van der Waals surface area contributed by atoms with E-state index in [9.17, 15) is 0 Å². The molecule has 4 rings (SSSR count). The highest BCUT2D eigenvalue weighted by Crippen LogP contribution is 2.20. The zero-order valence-electron chi connectivity index (χ0n) is 14.7. The molecule has 26 heavy (non-hydrogen) atoms. The van der Waals surface area contributed by atoms with Gasteiger partial charge in [-0.2, -0.15) is 20.1 Å². The number of H-pyrrole nitrogens is 1. The van der Waals surface area contributed by atoms with Crippen molar-refractivity contribution in [2.24, 2.45) is 0 Å². The number of ether oxygens (including phenoxy) is 1. The van der Waals surface area contributed by atoms with Crippen LogP contribution < -0.4 is 15.5 Å². The second-order valence-corrected chi connectivity index (χ2v) is 6.17. The van der Waals surface area contributed by atoms with Crippen molar-refractivity contribution < 1.29 is 4.74 Å². The van der Waals surface area contributed by atoms with Gasteiger partial charge in [0.2, 0.25) is 11.9 Å². The van der Waals surface area contributed by atoms with Crippen LogP contribution >= 0.6 is 0 Å². The lowest BCUT2D eigenvalue weighted by molar-refractivity contribution is 0.178. The molecule has 136 valence electrons. The summed E-state index contributed by atoms with van der Waals surface area (Å²) in [6.07, 6.45) is 1.78. The van der Waals surface area contributed by atoms with Crippen molar-refractivity contribution in [1.82, 2.24) is 35.1 Å². The number of fused-ring (bicyclic) bond motifs is 1. The number of hydrazine groups is 1. The minimum absolute atomic E-state index is 0.252. The minimum Gasteiger partial charge on any atom is -0.467 e. The number of hydrogen-bond donors (Lipinski definition) is 3. The fourth-order valence-corrected chi connectivity index (χ4v) is 2.76. The Hall–Kier alpha value is -2.98. The molecule has 10 heteroatoms. The van der Waals surface area contributed by atoms with E-state index in [2.05, 4.69) is 52.8 Å². The summed E-state index contributed by atoms with van der Waals surface area (Å²) < 4.78 is 5.21. The van der Waals surface area contributed by atoms with Crippen LogP contribution in [0.1, 0.15) is 0 Å². The van der Waals surface area contributed by atoms with E-state index >= 15 is 0 Å². The van der Waals surface area contributed by atoms with E-state index in [1.807, 2.05) is 18.2 Å². The average molecular weight is 355 g/mol. The van der Waals surface area contributed by atoms with E-state index in [1.165, 1.54) is 7.11 Å². The number of benzene rings is 1. The maximum Gasteiger partial charge on any atom is 0.322 e. The zero-order chi connectivity index (χ0) is 17.9. The summed E-state index contributed by atoms with van der Waals surface area (Å²) >= 11 is 0. The molecule has 1 fully saturated rings. The van der Waals surface area contributed by atoms with Crippen molar-refractivity contribution in [2.45, 2.75) is 0 Å². The first-order chi connectivity index (χ1) is 12.7. The Labute approximate surface area is 150 Å². The van der Waals surface area contributed by atoms with Crippen molar-refractivity contribution in [1.29, 1.82) is 0 Å². The van der Waals surface area contributed by atoms with Gasteiger partial charge in [0.25, 0.3) is 0 Å². The number of methoxy groups -OCH3 is 1. The average Bonchev–Trinajstić information content (AvgIpc) is 3.11. The Bertz CT molecular complexity index is 888. The summed E-state index contributed by atoms with van der Waals surface area (Å²) in [6, 6.07) is 6.12. The molecule has 0 bridgehead atoms. The third kappa shape index (κ3) is 3.65. The van der Waals surface area contributed by atoms with Crippen LogP contribution in [0.3, 0.4) is 0 Å². The minimum atomic E-state index is 0.252. The van der Waals surface area contributed by atoms with Gasteiger partial charge in [0, 0.05) is 37.3 Å². The van der Waals surface area contributed by atoms with Crippen LogP contribution in [-0.2, 0) is 0 Å². The lowest BCUT2D eigenvalue weighted by atomic mass is 10.2. The molecule has 3 heterocycles. The lowest BCUT2D eigenvalue weighted by Crippen LogP contribution is -2.47. The van der Waals surface area contributed by atoms with E-state index in [4.69, 9.17) is 4.74 Å². The standard InChI is InChI=1S/C16H21N9O/c1-24-5-7-25(8-6-24)23-15-19-14(20-16(21-15)26-2)18-12-4-3-11-10-17-22-13(11)9-12/h3-4,9-10H,5-8H2,1-2H3,(H,17,22)(H2,18,19,20,21,23). The monoisotopic (exact) mass is 355 g/mol. The number of nitrogens with one attached hydrogen (secondary N) is 3. The summed E-state index contributed by atoms with van der Waals surface area (Å²) in [5.74, 6) is 0.860. The highest BCUT2D eigenvalue weighted by atomic mass is 16.5. The molecule has 0 radical (unpaired) electrons. The molecule has 10 nitrogen and oxygen atoms in total. The fraction of sp³-hybridized carbons (Fsp3) is 0.375. The van der Waals surface area contributed by atoms with Gasteiger partial charge >= 0.3 is 6.01 Å². The number of aromatic nitrogens is 5. The smallest absolute Gasteiger partial charge is 0.322 e. The Balaban J connectivity index is 1.53. The summed E-state index contributed by atoms with van der Waals surface area (Å²) in [5.41, 5.74) is 5.02. The van der Waals surface area contributed by atoms with Gasteiger partial charge in [-0.25, -0.2) is 5.01 Å². The molecule has 1 aliphatic rings. The van der Waals surface area contributed by atoms with Crippen LogP contribution in [0.15, 0.2) is 24.4 Å². The number of likely N-dealkylation sites (N-methyl/N-ethyl adjacent to an activating group) is 1. The largest absolute Gasteiger partial charge is 0.467 e.